The Labute approximate surface area is 150 Å². The first-order valence-corrected chi connectivity index (χ1v) is 9.12. The fourth-order valence-electron chi connectivity index (χ4n) is 3.26. The lowest BCUT2D eigenvalue weighted by atomic mass is 9.97. The van der Waals surface area contributed by atoms with Gasteiger partial charge in [0.1, 0.15) is 22.5 Å². The molecule has 6 nitrogen and oxygen atoms in total. The van der Waals surface area contributed by atoms with Crippen LogP contribution in [-0.2, 0) is 0 Å². The zero-order valence-corrected chi connectivity index (χ0v) is 14.8. The van der Waals surface area contributed by atoms with Crippen LogP contribution in [0.15, 0.2) is 30.3 Å². The molecule has 0 saturated carbocycles. The van der Waals surface area contributed by atoms with Gasteiger partial charge in [-0.25, -0.2) is 4.98 Å². The lowest BCUT2D eigenvalue weighted by molar-refractivity contribution is 0.494. The van der Waals surface area contributed by atoms with Crippen LogP contribution in [0.1, 0.15) is 35.8 Å². The van der Waals surface area contributed by atoms with E-state index >= 15 is 0 Å². The Balaban J connectivity index is 1.56. The molecule has 1 atom stereocenters. The number of H-pyrrole nitrogens is 1. The fourth-order valence-corrected chi connectivity index (χ4v) is 4.14. The first kappa shape index (κ1) is 15.8. The monoisotopic (exact) mass is 350 g/mol. The molecule has 3 aromatic rings. The van der Waals surface area contributed by atoms with Crippen molar-refractivity contribution < 1.29 is 0 Å². The van der Waals surface area contributed by atoms with E-state index in [9.17, 15) is 5.26 Å². The van der Waals surface area contributed by atoms with Crippen LogP contribution >= 0.6 is 11.5 Å². The Hall–Kier alpha value is -2.72. The Morgan fingerprint density at radius 2 is 2.16 bits per heavy atom. The van der Waals surface area contributed by atoms with Crippen molar-refractivity contribution in [1.29, 1.82) is 5.26 Å². The second-order valence-electron chi connectivity index (χ2n) is 6.26. The minimum Gasteiger partial charge on any atom is -0.360 e. The Kier molecular flexibility index (Phi) is 4.20. The van der Waals surface area contributed by atoms with Gasteiger partial charge in [-0.05, 0) is 31.3 Å². The van der Waals surface area contributed by atoms with Gasteiger partial charge in [0.15, 0.2) is 5.82 Å². The number of benzene rings is 1. The van der Waals surface area contributed by atoms with Crippen molar-refractivity contribution >= 4 is 16.5 Å². The Morgan fingerprint density at radius 3 is 2.96 bits per heavy atom. The van der Waals surface area contributed by atoms with E-state index in [2.05, 4.69) is 25.5 Å². The molecular formula is C18H18N6S. The highest BCUT2D eigenvalue weighted by Gasteiger charge is 2.27. The molecule has 4 rings (SSSR count). The third kappa shape index (κ3) is 3.01. The van der Waals surface area contributed by atoms with Gasteiger partial charge in [0.2, 0.25) is 0 Å². The molecule has 1 saturated heterocycles. The van der Waals surface area contributed by atoms with E-state index in [0.717, 1.165) is 53.8 Å². The van der Waals surface area contributed by atoms with Crippen molar-refractivity contribution in [2.45, 2.75) is 25.7 Å². The van der Waals surface area contributed by atoms with Crippen LogP contribution in [0.3, 0.4) is 0 Å². The number of aryl methyl sites for hydroxylation is 1. The van der Waals surface area contributed by atoms with Crippen LogP contribution in [0.2, 0.25) is 0 Å². The summed E-state index contributed by atoms with van der Waals surface area (Å²) in [6.07, 6.45) is 2.13. The molecule has 1 fully saturated rings. The molecule has 3 heterocycles. The highest BCUT2D eigenvalue weighted by atomic mass is 32.1. The summed E-state index contributed by atoms with van der Waals surface area (Å²) in [5.41, 5.74) is 2.53. The van der Waals surface area contributed by atoms with Gasteiger partial charge in [-0.1, -0.05) is 30.3 Å². The quantitative estimate of drug-likeness (QED) is 0.782. The zero-order chi connectivity index (χ0) is 17.2. The van der Waals surface area contributed by atoms with Gasteiger partial charge in [-0.15, -0.1) is 0 Å². The number of rotatable bonds is 3. The summed E-state index contributed by atoms with van der Waals surface area (Å²) < 4.78 is 4.35. The number of nitrogens with zero attached hydrogens (tertiary/aromatic N) is 5. The first-order valence-electron chi connectivity index (χ1n) is 8.35. The molecular weight excluding hydrogens is 332 g/mol. The fraction of sp³-hybridized carbons (Fsp3) is 0.333. The van der Waals surface area contributed by atoms with Gasteiger partial charge in [-0.2, -0.15) is 14.7 Å². The average Bonchev–Trinajstić information content (AvgIpc) is 3.29. The second-order valence-corrected chi connectivity index (χ2v) is 7.01. The lowest BCUT2D eigenvalue weighted by Crippen LogP contribution is -2.34. The second kappa shape index (κ2) is 6.65. The molecule has 1 N–H and O–H groups in total. The molecule has 1 aliphatic rings. The molecule has 7 heteroatoms. The van der Waals surface area contributed by atoms with Crippen LogP contribution in [0.5, 0.6) is 0 Å². The van der Waals surface area contributed by atoms with E-state index in [0.29, 0.717) is 5.56 Å². The van der Waals surface area contributed by atoms with E-state index in [1.165, 1.54) is 11.5 Å². The maximum absolute atomic E-state index is 9.39. The minimum atomic E-state index is 0.285. The standard InChI is InChI=1S/C18H18N6S/c1-12-15(10-19)18(25-23-12)24-9-5-8-14(11-24)17-20-16(21-22-17)13-6-3-2-4-7-13/h2-4,6-7,14H,5,8-9,11H2,1H3,(H,20,21,22). The zero-order valence-electron chi connectivity index (χ0n) is 13.9. The van der Waals surface area contributed by atoms with Gasteiger partial charge in [0.05, 0.1) is 5.69 Å². The SMILES string of the molecule is Cc1nsc(N2CCCC(c3nc(-c4ccccc4)n[nH]3)C2)c1C#N. The topological polar surface area (TPSA) is 81.5 Å². The minimum absolute atomic E-state index is 0.285. The van der Waals surface area contributed by atoms with Crippen molar-refractivity contribution in [3.63, 3.8) is 0 Å². The highest BCUT2D eigenvalue weighted by molar-refractivity contribution is 7.10. The predicted octanol–water partition coefficient (Wildman–Crippen LogP) is 3.49. The molecule has 126 valence electrons. The Morgan fingerprint density at radius 1 is 1.32 bits per heavy atom. The van der Waals surface area contributed by atoms with E-state index in [1.54, 1.807) is 0 Å². The summed E-state index contributed by atoms with van der Waals surface area (Å²) in [4.78, 5) is 6.98. The number of hydrogen-bond donors (Lipinski definition) is 1. The number of anilines is 1. The van der Waals surface area contributed by atoms with Crippen LogP contribution in [0, 0.1) is 18.3 Å². The van der Waals surface area contributed by atoms with Gasteiger partial charge in [0.25, 0.3) is 0 Å². The molecule has 2 aromatic heterocycles. The van der Waals surface area contributed by atoms with Crippen molar-refractivity contribution in [3.05, 3.63) is 47.4 Å². The number of hydrogen-bond acceptors (Lipinski definition) is 6. The molecule has 0 amide bonds. The van der Waals surface area contributed by atoms with E-state index in [1.807, 2.05) is 37.3 Å². The molecule has 0 radical (unpaired) electrons. The van der Waals surface area contributed by atoms with E-state index < -0.39 is 0 Å². The molecule has 1 aromatic carbocycles. The average molecular weight is 350 g/mol. The summed E-state index contributed by atoms with van der Waals surface area (Å²) in [6.45, 7) is 3.68. The number of nitrogens with one attached hydrogen (secondary N) is 1. The molecule has 1 aliphatic heterocycles. The summed E-state index contributed by atoms with van der Waals surface area (Å²) in [6, 6.07) is 12.3. The van der Waals surface area contributed by atoms with E-state index in [4.69, 9.17) is 4.98 Å². The smallest absolute Gasteiger partial charge is 0.181 e. The third-order valence-electron chi connectivity index (χ3n) is 4.59. The normalized spacial score (nSPS) is 17.4. The van der Waals surface area contributed by atoms with Gasteiger partial charge >= 0.3 is 0 Å². The highest BCUT2D eigenvalue weighted by Crippen LogP contribution is 2.34. The van der Waals surface area contributed by atoms with Gasteiger partial charge < -0.3 is 4.90 Å². The molecule has 0 aliphatic carbocycles. The van der Waals surface area contributed by atoms with Crippen molar-refractivity contribution in [2.24, 2.45) is 0 Å². The van der Waals surface area contributed by atoms with Crippen LogP contribution in [-0.4, -0.2) is 32.6 Å². The van der Waals surface area contributed by atoms with Gasteiger partial charge in [0, 0.05) is 24.6 Å². The van der Waals surface area contributed by atoms with Crippen molar-refractivity contribution in [3.8, 4) is 17.5 Å². The molecule has 0 bridgehead atoms. The number of aromatic nitrogens is 4. The first-order chi connectivity index (χ1) is 12.3. The Bertz CT molecular complexity index is 907. The molecule has 25 heavy (non-hydrogen) atoms. The lowest BCUT2D eigenvalue weighted by Gasteiger charge is -2.32. The number of nitriles is 1. The summed E-state index contributed by atoms with van der Waals surface area (Å²) in [5.74, 6) is 1.94. The number of piperidine rings is 1. The third-order valence-corrected chi connectivity index (χ3v) is 5.59. The largest absolute Gasteiger partial charge is 0.360 e. The summed E-state index contributed by atoms with van der Waals surface area (Å²) >= 11 is 1.41. The molecule has 1 unspecified atom stereocenters. The van der Waals surface area contributed by atoms with Crippen molar-refractivity contribution in [2.75, 3.05) is 18.0 Å². The number of aromatic amines is 1. The summed E-state index contributed by atoms with van der Waals surface area (Å²) in [5, 5.41) is 17.9. The maximum Gasteiger partial charge on any atom is 0.181 e. The predicted molar refractivity (Wildman–Crippen MR) is 97.6 cm³/mol. The maximum atomic E-state index is 9.39. The van der Waals surface area contributed by atoms with Crippen LogP contribution in [0.4, 0.5) is 5.00 Å². The van der Waals surface area contributed by atoms with Crippen molar-refractivity contribution in [1.82, 2.24) is 19.6 Å². The molecule has 0 spiro atoms. The van der Waals surface area contributed by atoms with E-state index in [-0.39, 0.29) is 5.92 Å². The van der Waals surface area contributed by atoms with Gasteiger partial charge in [-0.3, -0.25) is 5.10 Å². The summed E-state index contributed by atoms with van der Waals surface area (Å²) in [7, 11) is 0. The van der Waals surface area contributed by atoms with Crippen LogP contribution in [0.25, 0.3) is 11.4 Å². The van der Waals surface area contributed by atoms with Crippen LogP contribution < -0.4 is 4.90 Å².